The molecule has 192 valence electrons. The first-order chi connectivity index (χ1) is 17.7. The summed E-state index contributed by atoms with van der Waals surface area (Å²) < 4.78 is 7.55. The summed E-state index contributed by atoms with van der Waals surface area (Å²) in [6.07, 6.45) is 6.75. The van der Waals surface area contributed by atoms with Crippen LogP contribution < -0.4 is 5.32 Å². The lowest BCUT2D eigenvalue weighted by Gasteiger charge is -2.31. The van der Waals surface area contributed by atoms with Gasteiger partial charge in [-0.25, -0.2) is 4.79 Å². The van der Waals surface area contributed by atoms with E-state index in [1.165, 1.54) is 16.5 Å². The number of hydrogen-bond acceptors (Lipinski definition) is 3. The number of nitrogens with one attached hydrogen (secondary N) is 2. The molecule has 5 rings (SSSR count). The van der Waals surface area contributed by atoms with Crippen LogP contribution in [0.4, 0.5) is 4.79 Å². The zero-order chi connectivity index (χ0) is 26.2. The Morgan fingerprint density at radius 1 is 1.08 bits per heavy atom. The average molecular weight is 499 g/mol. The lowest BCUT2D eigenvalue weighted by molar-refractivity contribution is -0.133. The van der Waals surface area contributed by atoms with Crippen LogP contribution in [0.25, 0.3) is 27.4 Å². The molecule has 7 nitrogen and oxygen atoms in total. The van der Waals surface area contributed by atoms with E-state index >= 15 is 0 Å². The van der Waals surface area contributed by atoms with Gasteiger partial charge in [0.25, 0.3) is 0 Å². The fraction of sp³-hybridized carbons (Fsp3) is 0.333. The van der Waals surface area contributed by atoms with E-state index in [2.05, 4.69) is 45.2 Å². The van der Waals surface area contributed by atoms with Crippen molar-refractivity contribution in [2.45, 2.75) is 45.3 Å². The lowest BCUT2D eigenvalue weighted by atomic mass is 9.98. The number of nitrogens with zero attached hydrogens (tertiary/aromatic N) is 2. The normalized spacial score (nSPS) is 15.0. The van der Waals surface area contributed by atoms with Crippen LogP contribution in [-0.4, -0.2) is 51.2 Å². The van der Waals surface area contributed by atoms with Gasteiger partial charge in [0.1, 0.15) is 11.6 Å². The Morgan fingerprint density at radius 3 is 2.54 bits per heavy atom. The molecule has 1 aliphatic rings. The molecule has 2 N–H and O–H groups in total. The number of aryl methyl sites for hydroxylation is 1. The molecular formula is C30H34N4O3. The topological polar surface area (TPSA) is 79.4 Å². The maximum atomic E-state index is 13.8. The van der Waals surface area contributed by atoms with E-state index in [4.69, 9.17) is 4.74 Å². The van der Waals surface area contributed by atoms with E-state index in [1.807, 2.05) is 69.4 Å². The number of carbonyl (C=O) groups excluding carboxylic acids is 2. The summed E-state index contributed by atoms with van der Waals surface area (Å²) in [5.41, 5.74) is 4.96. The van der Waals surface area contributed by atoms with Gasteiger partial charge in [0.15, 0.2) is 0 Å². The molecule has 0 fully saturated rings. The number of carbonyl (C=O) groups is 2. The van der Waals surface area contributed by atoms with Gasteiger partial charge in [-0.15, -0.1) is 0 Å². The number of ether oxygens (including phenoxy) is 1. The summed E-state index contributed by atoms with van der Waals surface area (Å²) in [5.74, 6) is -0.104. The molecule has 0 saturated carbocycles. The molecule has 0 radical (unpaired) electrons. The molecule has 1 unspecified atom stereocenters. The van der Waals surface area contributed by atoms with Gasteiger partial charge >= 0.3 is 6.09 Å². The van der Waals surface area contributed by atoms with E-state index in [0.29, 0.717) is 19.5 Å². The third kappa shape index (κ3) is 5.26. The van der Waals surface area contributed by atoms with Crippen LogP contribution >= 0.6 is 0 Å². The summed E-state index contributed by atoms with van der Waals surface area (Å²) in [6.45, 7) is 6.53. The Labute approximate surface area is 217 Å². The number of H-pyrrole nitrogens is 1. The molecule has 2 amide bonds. The van der Waals surface area contributed by atoms with E-state index in [9.17, 15) is 9.59 Å². The summed E-state index contributed by atoms with van der Waals surface area (Å²) in [4.78, 5) is 31.7. The predicted octanol–water partition coefficient (Wildman–Crippen LogP) is 5.41. The first-order valence-electron chi connectivity index (χ1n) is 12.8. The van der Waals surface area contributed by atoms with Crippen molar-refractivity contribution in [1.29, 1.82) is 0 Å². The van der Waals surface area contributed by atoms with Crippen LogP contribution in [0.5, 0.6) is 0 Å². The number of hydrogen-bond donors (Lipinski definition) is 2. The molecule has 0 aliphatic carbocycles. The first kappa shape index (κ1) is 24.7. The molecule has 37 heavy (non-hydrogen) atoms. The van der Waals surface area contributed by atoms with E-state index in [1.54, 1.807) is 0 Å². The molecule has 1 atom stereocenters. The quantitative estimate of drug-likeness (QED) is 0.386. The number of aromatic amines is 1. The Bertz CT molecular complexity index is 1490. The SMILES string of the molecule is Cn1cc(CC(NC(=O)OC(C)(C)C)C(=O)N2CC=C(c3c[nH]c4ccccc34)CC2)c2ccccc21. The number of fused-ring (bicyclic) bond motifs is 2. The number of aromatic nitrogens is 2. The molecule has 4 aromatic rings. The molecule has 0 bridgehead atoms. The van der Waals surface area contributed by atoms with Gasteiger partial charge in [0.2, 0.25) is 5.91 Å². The van der Waals surface area contributed by atoms with Crippen LogP contribution in [-0.2, 0) is 23.0 Å². The Balaban J connectivity index is 1.38. The van der Waals surface area contributed by atoms with Crippen LogP contribution in [0, 0.1) is 0 Å². The highest BCUT2D eigenvalue weighted by Gasteiger charge is 2.30. The highest BCUT2D eigenvalue weighted by molar-refractivity contribution is 5.94. The molecule has 7 heteroatoms. The highest BCUT2D eigenvalue weighted by Crippen LogP contribution is 2.29. The number of amides is 2. The number of benzene rings is 2. The van der Waals surface area contributed by atoms with Gasteiger partial charge in [-0.2, -0.15) is 0 Å². The first-order valence-corrected chi connectivity index (χ1v) is 12.8. The number of rotatable bonds is 5. The van der Waals surface area contributed by atoms with Gasteiger partial charge < -0.3 is 24.5 Å². The zero-order valence-electron chi connectivity index (χ0n) is 21.9. The number of alkyl carbamates (subject to hydrolysis) is 1. The van der Waals surface area contributed by atoms with Crippen LogP contribution in [0.3, 0.4) is 0 Å². The van der Waals surface area contributed by atoms with Crippen LogP contribution in [0.15, 0.2) is 67.0 Å². The number of para-hydroxylation sites is 2. The second-order valence-electron chi connectivity index (χ2n) is 10.7. The van der Waals surface area contributed by atoms with Crippen molar-refractivity contribution in [2.24, 2.45) is 7.05 Å². The second-order valence-corrected chi connectivity index (χ2v) is 10.7. The molecule has 0 saturated heterocycles. The minimum Gasteiger partial charge on any atom is -0.444 e. The molecule has 0 spiro atoms. The third-order valence-electron chi connectivity index (χ3n) is 6.85. The lowest BCUT2D eigenvalue weighted by Crippen LogP contribution is -2.51. The Morgan fingerprint density at radius 2 is 1.81 bits per heavy atom. The maximum absolute atomic E-state index is 13.8. The van der Waals surface area contributed by atoms with Crippen molar-refractivity contribution in [3.8, 4) is 0 Å². The van der Waals surface area contributed by atoms with E-state index in [-0.39, 0.29) is 5.91 Å². The summed E-state index contributed by atoms with van der Waals surface area (Å²) >= 11 is 0. The van der Waals surface area contributed by atoms with Gasteiger partial charge in [0.05, 0.1) is 0 Å². The predicted molar refractivity (Wildman–Crippen MR) is 147 cm³/mol. The van der Waals surface area contributed by atoms with Gasteiger partial charge in [-0.1, -0.05) is 42.5 Å². The molecule has 2 aromatic carbocycles. The highest BCUT2D eigenvalue weighted by atomic mass is 16.6. The van der Waals surface area contributed by atoms with E-state index in [0.717, 1.165) is 28.4 Å². The van der Waals surface area contributed by atoms with Crippen molar-refractivity contribution in [3.05, 3.63) is 78.1 Å². The van der Waals surface area contributed by atoms with Crippen molar-refractivity contribution in [2.75, 3.05) is 13.1 Å². The Kier molecular flexibility index (Phi) is 6.54. The van der Waals surface area contributed by atoms with Crippen LogP contribution in [0.1, 0.15) is 38.3 Å². The standard InChI is InChI=1S/C30H34N4O3/c1-30(2,3)37-29(36)32-26(17-21-19-33(4)27-12-8-6-9-22(21)27)28(35)34-15-13-20(14-16-34)24-18-31-25-11-7-5-10-23(24)25/h5-13,18-19,26,31H,14-17H2,1-4H3,(H,32,36). The Hall–Kier alpha value is -4.00. The minimum absolute atomic E-state index is 0.104. The fourth-order valence-corrected chi connectivity index (χ4v) is 5.13. The van der Waals surface area contributed by atoms with Crippen molar-refractivity contribution in [1.82, 2.24) is 19.8 Å². The van der Waals surface area contributed by atoms with Crippen LogP contribution in [0.2, 0.25) is 0 Å². The van der Waals surface area contributed by atoms with E-state index < -0.39 is 17.7 Å². The largest absolute Gasteiger partial charge is 0.444 e. The molecule has 1 aliphatic heterocycles. The van der Waals surface area contributed by atoms with Gasteiger partial charge in [-0.05, 0) is 50.5 Å². The van der Waals surface area contributed by atoms with Crippen molar-refractivity contribution < 1.29 is 14.3 Å². The second kappa shape index (κ2) is 9.81. The maximum Gasteiger partial charge on any atom is 0.408 e. The summed E-state index contributed by atoms with van der Waals surface area (Å²) in [6, 6.07) is 15.6. The molecule has 2 aromatic heterocycles. The van der Waals surface area contributed by atoms with Gasteiger partial charge in [-0.3, -0.25) is 4.79 Å². The summed E-state index contributed by atoms with van der Waals surface area (Å²) in [5, 5.41) is 5.14. The minimum atomic E-state index is -0.733. The third-order valence-corrected chi connectivity index (χ3v) is 6.85. The molecule has 3 heterocycles. The van der Waals surface area contributed by atoms with Crippen molar-refractivity contribution in [3.63, 3.8) is 0 Å². The zero-order valence-corrected chi connectivity index (χ0v) is 21.9. The van der Waals surface area contributed by atoms with Crippen molar-refractivity contribution >= 4 is 39.4 Å². The molecular weight excluding hydrogens is 464 g/mol. The fourth-order valence-electron chi connectivity index (χ4n) is 5.13. The average Bonchev–Trinajstić information content (AvgIpc) is 3.43. The summed E-state index contributed by atoms with van der Waals surface area (Å²) in [7, 11) is 1.99. The smallest absolute Gasteiger partial charge is 0.408 e. The monoisotopic (exact) mass is 498 g/mol. The van der Waals surface area contributed by atoms with Gasteiger partial charge in [0, 0.05) is 66.3 Å².